The summed E-state index contributed by atoms with van der Waals surface area (Å²) in [6, 6.07) is 7.68. The van der Waals surface area contributed by atoms with Crippen molar-refractivity contribution in [3.05, 3.63) is 36.2 Å². The fraction of sp³-hybridized carbons (Fsp3) is 0.577. The van der Waals surface area contributed by atoms with E-state index in [1.807, 2.05) is 24.3 Å². The molecule has 1 spiro atoms. The van der Waals surface area contributed by atoms with Crippen molar-refractivity contribution in [1.82, 2.24) is 14.7 Å². The molecular formula is C26H38N6O3S. The zero-order chi connectivity index (χ0) is 26.0. The van der Waals surface area contributed by atoms with Crippen LogP contribution in [0.3, 0.4) is 0 Å². The van der Waals surface area contributed by atoms with Gasteiger partial charge in [0.15, 0.2) is 11.5 Å². The van der Waals surface area contributed by atoms with Crippen molar-refractivity contribution in [2.75, 3.05) is 41.8 Å². The van der Waals surface area contributed by atoms with Crippen molar-refractivity contribution < 1.29 is 15.0 Å². The molecule has 2 heterocycles. The molecule has 0 unspecified atom stereocenters. The van der Waals surface area contributed by atoms with Gasteiger partial charge in [-0.25, -0.2) is 9.97 Å². The number of carbonyl (C=O) groups excluding carboxylic acids is 1. The molecule has 0 atom stereocenters. The van der Waals surface area contributed by atoms with Gasteiger partial charge in [-0.3, -0.25) is 9.52 Å². The summed E-state index contributed by atoms with van der Waals surface area (Å²) in [6.45, 7) is 9.09. The Bertz CT molecular complexity index is 1070. The first kappa shape index (κ1) is 26.7. The van der Waals surface area contributed by atoms with Crippen LogP contribution < -0.4 is 20.3 Å². The van der Waals surface area contributed by atoms with Crippen LogP contribution in [0.25, 0.3) is 0 Å². The fourth-order valence-corrected chi connectivity index (χ4v) is 4.92. The Hall–Kier alpha value is -2.40. The first-order valence-electron chi connectivity index (χ1n) is 12.5. The molecule has 1 saturated heterocycles. The predicted octanol–water partition coefficient (Wildman–Crippen LogP) is 3.66. The molecular weight excluding hydrogens is 476 g/mol. The third kappa shape index (κ3) is 6.67. The van der Waals surface area contributed by atoms with Crippen LogP contribution >= 0.6 is 11.9 Å². The number of aliphatic hydroxyl groups excluding tert-OH is 2. The van der Waals surface area contributed by atoms with Crippen molar-refractivity contribution >= 4 is 35.2 Å². The monoisotopic (exact) mass is 514 g/mol. The first-order chi connectivity index (χ1) is 17.0. The van der Waals surface area contributed by atoms with Crippen molar-refractivity contribution in [3.63, 3.8) is 0 Å². The zero-order valence-corrected chi connectivity index (χ0v) is 22.4. The lowest BCUT2D eigenvalue weighted by Crippen LogP contribution is -2.43. The molecule has 1 aliphatic carbocycles. The van der Waals surface area contributed by atoms with E-state index < -0.39 is 5.54 Å². The number of aliphatic hydroxyl groups is 2. The van der Waals surface area contributed by atoms with Crippen LogP contribution in [0.5, 0.6) is 0 Å². The van der Waals surface area contributed by atoms with Gasteiger partial charge in [0.1, 0.15) is 5.82 Å². The number of hydrogen-bond acceptors (Lipinski definition) is 9. The van der Waals surface area contributed by atoms with Crippen LogP contribution in [0.1, 0.15) is 63.9 Å². The second kappa shape index (κ2) is 10.5. The largest absolute Gasteiger partial charge is 0.394 e. The van der Waals surface area contributed by atoms with E-state index in [4.69, 9.17) is 4.98 Å². The van der Waals surface area contributed by atoms with Gasteiger partial charge in [-0.2, -0.15) is 0 Å². The molecule has 1 aliphatic heterocycles. The molecule has 4 rings (SSSR count). The Morgan fingerprint density at radius 2 is 1.81 bits per heavy atom. The van der Waals surface area contributed by atoms with E-state index in [1.165, 1.54) is 31.0 Å². The van der Waals surface area contributed by atoms with Crippen LogP contribution in [0.4, 0.5) is 17.3 Å². The van der Waals surface area contributed by atoms with Crippen molar-refractivity contribution in [2.45, 2.75) is 69.4 Å². The fourth-order valence-electron chi connectivity index (χ4n) is 4.17. The smallest absolute Gasteiger partial charge is 0.278 e. The summed E-state index contributed by atoms with van der Waals surface area (Å²) in [7, 11) is 0. The Morgan fingerprint density at radius 1 is 1.11 bits per heavy atom. The Kier molecular flexibility index (Phi) is 7.80. The lowest BCUT2D eigenvalue weighted by Gasteiger charge is -2.34. The Balaban J connectivity index is 1.56. The average Bonchev–Trinajstić information content (AvgIpc) is 3.61. The summed E-state index contributed by atoms with van der Waals surface area (Å²) >= 11 is 1.52. The minimum absolute atomic E-state index is 0.0419. The van der Waals surface area contributed by atoms with Gasteiger partial charge in [0.05, 0.1) is 24.9 Å². The first-order valence-corrected chi connectivity index (χ1v) is 13.3. The molecule has 196 valence electrons. The van der Waals surface area contributed by atoms with Gasteiger partial charge >= 0.3 is 0 Å². The number of rotatable bonds is 9. The molecule has 2 fully saturated rings. The number of benzene rings is 1. The van der Waals surface area contributed by atoms with Gasteiger partial charge in [-0.15, -0.1) is 0 Å². The highest BCUT2D eigenvalue weighted by Crippen LogP contribution is 2.54. The molecule has 1 saturated carbocycles. The summed E-state index contributed by atoms with van der Waals surface area (Å²) in [6.07, 6.45) is 6.21. The van der Waals surface area contributed by atoms with E-state index in [0.29, 0.717) is 22.7 Å². The quantitative estimate of drug-likeness (QED) is 0.319. The summed E-state index contributed by atoms with van der Waals surface area (Å²) in [5.41, 5.74) is 0.426. The van der Waals surface area contributed by atoms with E-state index in [-0.39, 0.29) is 30.4 Å². The SMILES string of the molecule is CC(C)(C)NSc1cccc(NC(=O)c2ncc(NC(C)(CO)CO)nc2N2CCC3(CC2)CC3)c1. The number of carbonyl (C=O) groups is 1. The standard InChI is InChI=1S/C26H38N6O3S/c1-24(2,3)31-36-19-7-5-6-18(14-19)28-23(35)21-22(32-12-10-26(8-9-26)11-13-32)29-20(15-27-21)30-25(4,16-33)17-34/h5-7,14-15,31,33-34H,8-13,16-17H2,1-4H3,(H,28,35)(H,29,30). The molecule has 0 bridgehead atoms. The number of nitrogens with zero attached hydrogens (tertiary/aromatic N) is 3. The molecule has 36 heavy (non-hydrogen) atoms. The number of nitrogens with one attached hydrogen (secondary N) is 3. The average molecular weight is 515 g/mol. The molecule has 1 amide bonds. The highest BCUT2D eigenvalue weighted by molar-refractivity contribution is 7.97. The van der Waals surface area contributed by atoms with Crippen LogP contribution in [0.15, 0.2) is 35.4 Å². The molecule has 1 aromatic heterocycles. The maximum absolute atomic E-state index is 13.4. The molecule has 2 aromatic rings. The summed E-state index contributed by atoms with van der Waals surface area (Å²) in [4.78, 5) is 25.7. The molecule has 5 N–H and O–H groups in total. The summed E-state index contributed by atoms with van der Waals surface area (Å²) in [5.74, 6) is 0.602. The van der Waals surface area contributed by atoms with Gasteiger partial charge in [0, 0.05) is 29.2 Å². The van der Waals surface area contributed by atoms with E-state index >= 15 is 0 Å². The van der Waals surface area contributed by atoms with Gasteiger partial charge in [-0.1, -0.05) is 6.07 Å². The van der Waals surface area contributed by atoms with E-state index in [2.05, 4.69) is 46.0 Å². The minimum atomic E-state index is -0.950. The van der Waals surface area contributed by atoms with Gasteiger partial charge in [0.2, 0.25) is 0 Å². The lowest BCUT2D eigenvalue weighted by atomic mass is 9.93. The highest BCUT2D eigenvalue weighted by atomic mass is 32.2. The molecule has 0 radical (unpaired) electrons. The van der Waals surface area contributed by atoms with Gasteiger partial charge in [0.25, 0.3) is 5.91 Å². The summed E-state index contributed by atoms with van der Waals surface area (Å²) < 4.78 is 3.38. The normalized spacial score (nSPS) is 17.2. The Morgan fingerprint density at radius 3 is 2.42 bits per heavy atom. The van der Waals surface area contributed by atoms with Crippen molar-refractivity contribution in [2.24, 2.45) is 5.41 Å². The molecule has 1 aromatic carbocycles. The molecule has 2 aliphatic rings. The third-order valence-electron chi connectivity index (χ3n) is 6.74. The Labute approximate surface area is 217 Å². The van der Waals surface area contributed by atoms with E-state index in [1.54, 1.807) is 6.92 Å². The maximum Gasteiger partial charge on any atom is 0.278 e. The topological polar surface area (TPSA) is 123 Å². The minimum Gasteiger partial charge on any atom is -0.394 e. The number of piperidine rings is 1. The van der Waals surface area contributed by atoms with Crippen molar-refractivity contribution in [3.8, 4) is 0 Å². The van der Waals surface area contributed by atoms with Gasteiger partial charge in [-0.05, 0) is 88.9 Å². The van der Waals surface area contributed by atoms with E-state index in [0.717, 1.165) is 30.8 Å². The number of amides is 1. The zero-order valence-electron chi connectivity index (χ0n) is 21.6. The van der Waals surface area contributed by atoms with E-state index in [9.17, 15) is 15.0 Å². The predicted molar refractivity (Wildman–Crippen MR) is 144 cm³/mol. The van der Waals surface area contributed by atoms with Crippen molar-refractivity contribution in [1.29, 1.82) is 0 Å². The van der Waals surface area contributed by atoms with Gasteiger partial charge < -0.3 is 25.7 Å². The third-order valence-corrected chi connectivity index (χ3v) is 7.95. The number of anilines is 3. The highest BCUT2D eigenvalue weighted by Gasteiger charge is 2.45. The van der Waals surface area contributed by atoms with Crippen LogP contribution in [-0.2, 0) is 0 Å². The molecule has 9 nitrogen and oxygen atoms in total. The number of aromatic nitrogens is 2. The summed E-state index contributed by atoms with van der Waals surface area (Å²) in [5, 5.41) is 25.4. The lowest BCUT2D eigenvalue weighted by molar-refractivity contribution is 0.102. The number of hydrogen-bond donors (Lipinski definition) is 5. The second-order valence-corrected chi connectivity index (χ2v) is 12.2. The van der Waals surface area contributed by atoms with Crippen LogP contribution in [0.2, 0.25) is 0 Å². The second-order valence-electron chi connectivity index (χ2n) is 11.4. The maximum atomic E-state index is 13.4. The molecule has 10 heteroatoms. The van der Waals surface area contributed by atoms with Crippen LogP contribution in [0, 0.1) is 5.41 Å². The van der Waals surface area contributed by atoms with Crippen LogP contribution in [-0.4, -0.2) is 63.5 Å².